The summed E-state index contributed by atoms with van der Waals surface area (Å²) < 4.78 is 12.5. The molecule has 0 aromatic rings. The molecule has 0 spiro atoms. The number of rotatable bonds is 26. The van der Waals surface area contributed by atoms with Crippen molar-refractivity contribution >= 4 is 11.8 Å². The van der Waals surface area contributed by atoms with Gasteiger partial charge in [-0.1, -0.05) is 174 Å². The van der Waals surface area contributed by atoms with Gasteiger partial charge in [-0.15, -0.1) is 5.73 Å². The number of ketones is 1. The molecule has 6 heteroatoms. The number of aliphatic hydroxyl groups excluding tert-OH is 1. The van der Waals surface area contributed by atoms with Crippen LogP contribution in [0.4, 0.5) is 0 Å². The third kappa shape index (κ3) is 19.4. The number of ether oxygens (including phenoxy) is 2. The molecule has 372 valence electrons. The lowest BCUT2D eigenvalue weighted by molar-refractivity contribution is -0.153. The molecule has 0 bridgehead atoms. The summed E-state index contributed by atoms with van der Waals surface area (Å²) in [4.78, 5) is 26.4. The molecule has 0 radical (unpaired) electrons. The van der Waals surface area contributed by atoms with Crippen molar-refractivity contribution in [1.29, 1.82) is 0 Å². The SMILES string of the molecule is CC/C=C\C/C=C\C/C=C\C/C=C\C/C=C\CCCCCC(=O)O[C@H]1CC(C)(C)[C@]2(CC(=O)/C(C)=C/C=C/C(C)=C/C=C/C=C(C)/C=C/C=C(\C)C=C=C3C(C)(C)C[C@H](O)C[C@@]3(C)O)O[C@]2(C)C1. The molecule has 0 unspecified atom stereocenters. The van der Waals surface area contributed by atoms with Crippen LogP contribution in [0.5, 0.6) is 0 Å². The van der Waals surface area contributed by atoms with Crippen LogP contribution in [0.25, 0.3) is 0 Å². The lowest BCUT2D eigenvalue weighted by Gasteiger charge is -2.43. The molecule has 1 saturated heterocycles. The molecule has 2 N–H and O–H groups in total. The summed E-state index contributed by atoms with van der Waals surface area (Å²) in [5.41, 5.74) is 5.20. The van der Waals surface area contributed by atoms with E-state index in [0.29, 0.717) is 44.1 Å². The first-order valence-corrected chi connectivity index (χ1v) is 25.4. The summed E-state index contributed by atoms with van der Waals surface area (Å²) in [5, 5.41) is 21.1. The molecule has 2 aliphatic carbocycles. The fraction of sp³-hybridized carbons (Fsp3) is 0.532. The highest BCUT2D eigenvalue weighted by Crippen LogP contribution is 2.67. The number of unbranched alkanes of at least 4 members (excludes halogenated alkanes) is 3. The summed E-state index contributed by atoms with van der Waals surface area (Å²) in [6, 6.07) is 0. The van der Waals surface area contributed by atoms with Gasteiger partial charge in [0.2, 0.25) is 0 Å². The van der Waals surface area contributed by atoms with E-state index in [1.807, 2.05) is 108 Å². The van der Waals surface area contributed by atoms with Gasteiger partial charge in [-0.05, 0) is 128 Å². The molecule has 3 aliphatic rings. The monoisotopic (exact) mass is 929 g/mol. The number of carbonyl (C=O) groups excluding carboxylic acids is 2. The minimum absolute atomic E-state index is 0.0711. The van der Waals surface area contributed by atoms with Crippen LogP contribution in [0.15, 0.2) is 161 Å². The third-order valence-electron chi connectivity index (χ3n) is 13.5. The van der Waals surface area contributed by atoms with Gasteiger partial charge in [-0.3, -0.25) is 9.59 Å². The van der Waals surface area contributed by atoms with Crippen molar-refractivity contribution in [1.82, 2.24) is 0 Å². The van der Waals surface area contributed by atoms with Crippen molar-refractivity contribution in [3.05, 3.63) is 161 Å². The average molecular weight is 929 g/mol. The first-order valence-electron chi connectivity index (χ1n) is 25.4. The van der Waals surface area contributed by atoms with Crippen LogP contribution < -0.4 is 0 Å². The number of allylic oxidation sites excluding steroid dienone is 24. The van der Waals surface area contributed by atoms with Gasteiger partial charge in [-0.25, -0.2) is 0 Å². The maximum atomic E-state index is 13.6. The van der Waals surface area contributed by atoms with Crippen LogP contribution in [0.1, 0.15) is 172 Å². The molecule has 2 saturated carbocycles. The predicted molar refractivity (Wildman–Crippen MR) is 286 cm³/mol. The molecule has 5 atom stereocenters. The number of esters is 1. The molecule has 1 aliphatic heterocycles. The van der Waals surface area contributed by atoms with Crippen LogP contribution in [0, 0.1) is 10.8 Å². The van der Waals surface area contributed by atoms with E-state index in [-0.39, 0.29) is 28.7 Å². The van der Waals surface area contributed by atoms with E-state index in [4.69, 9.17) is 9.47 Å². The predicted octanol–water partition coefficient (Wildman–Crippen LogP) is 15.4. The lowest BCUT2D eigenvalue weighted by atomic mass is 9.61. The highest BCUT2D eigenvalue weighted by molar-refractivity contribution is 5.96. The standard InChI is InChI=1S/C62H88O6/c1-12-13-14-15-16-17-18-19-20-21-22-23-24-25-26-27-28-29-30-41-57(65)67-54-46-59(8,9)62(61(11,47-54)68-62)48-55(64)52(5)40-34-39-50(3)36-32-31-35-49(2)37-33-38-51(4)42-43-56-58(6,7)44-53(63)45-60(56,10)66/h13-14,16-17,19-20,22-23,25-26,31-40,42,53-54,63,66H,12,15,18,21,24,27-30,41,44-48H2,1-11H3/b14-13-,17-16-,20-19-,23-22-,26-25-,32-31+,37-33+,39-34+,49-35+,50-36+,51-38+,52-40+/t43?,53-,54-,60+,61+,62-/m0/s1. The second-order valence-electron chi connectivity index (χ2n) is 21.0. The van der Waals surface area contributed by atoms with Crippen molar-refractivity contribution in [2.45, 2.75) is 201 Å². The van der Waals surface area contributed by atoms with E-state index in [0.717, 1.165) is 80.1 Å². The van der Waals surface area contributed by atoms with E-state index in [2.05, 4.69) is 94.2 Å². The molecule has 0 aromatic carbocycles. The molecule has 3 fully saturated rings. The minimum atomic E-state index is -1.08. The van der Waals surface area contributed by atoms with Crippen LogP contribution in [-0.2, 0) is 19.1 Å². The maximum absolute atomic E-state index is 13.6. The van der Waals surface area contributed by atoms with E-state index in [1.165, 1.54) is 0 Å². The molecular formula is C62H88O6. The smallest absolute Gasteiger partial charge is 0.306 e. The van der Waals surface area contributed by atoms with Crippen molar-refractivity contribution in [2.24, 2.45) is 10.8 Å². The summed E-state index contributed by atoms with van der Waals surface area (Å²) >= 11 is 0. The highest BCUT2D eigenvalue weighted by Gasteiger charge is 2.76. The van der Waals surface area contributed by atoms with Crippen LogP contribution in [0.3, 0.4) is 0 Å². The molecule has 0 amide bonds. The Balaban J connectivity index is 1.36. The number of hydrogen-bond donors (Lipinski definition) is 2. The second kappa shape index (κ2) is 28.2. The maximum Gasteiger partial charge on any atom is 0.306 e. The van der Waals surface area contributed by atoms with E-state index < -0.39 is 22.9 Å². The van der Waals surface area contributed by atoms with Gasteiger partial charge in [0.25, 0.3) is 0 Å². The van der Waals surface area contributed by atoms with Gasteiger partial charge in [0.15, 0.2) is 5.78 Å². The topological polar surface area (TPSA) is 96.4 Å². The Bertz CT molecular complexity index is 2090. The Hall–Kier alpha value is -4.58. The highest BCUT2D eigenvalue weighted by atomic mass is 16.6. The molecular weight excluding hydrogens is 841 g/mol. The van der Waals surface area contributed by atoms with Gasteiger partial charge < -0.3 is 19.7 Å². The fourth-order valence-corrected chi connectivity index (χ4v) is 9.85. The Morgan fingerprint density at radius 1 is 0.676 bits per heavy atom. The Morgan fingerprint density at radius 2 is 1.22 bits per heavy atom. The number of fused-ring (bicyclic) bond motifs is 1. The van der Waals surface area contributed by atoms with Gasteiger partial charge >= 0.3 is 5.97 Å². The third-order valence-corrected chi connectivity index (χ3v) is 13.5. The van der Waals surface area contributed by atoms with E-state index in [1.54, 1.807) is 6.92 Å². The van der Waals surface area contributed by atoms with E-state index >= 15 is 0 Å². The zero-order valence-corrected chi connectivity index (χ0v) is 43.9. The molecule has 0 aromatic heterocycles. The first kappa shape index (κ1) is 57.7. The lowest BCUT2D eigenvalue weighted by Crippen LogP contribution is -2.49. The Kier molecular flexibility index (Phi) is 23.9. The number of Topliss-reactive ketones (excluding diaryl/α,β-unsaturated/α-hetero) is 1. The number of aliphatic hydroxyl groups is 2. The van der Waals surface area contributed by atoms with Crippen LogP contribution in [0.2, 0.25) is 0 Å². The van der Waals surface area contributed by atoms with Crippen molar-refractivity contribution in [2.75, 3.05) is 0 Å². The summed E-state index contributed by atoms with van der Waals surface area (Å²) in [5.74, 6) is -0.0677. The van der Waals surface area contributed by atoms with Gasteiger partial charge in [-0.2, -0.15) is 0 Å². The number of hydrogen-bond acceptors (Lipinski definition) is 6. The minimum Gasteiger partial charge on any atom is -0.462 e. The molecule has 1 heterocycles. The van der Waals surface area contributed by atoms with Crippen molar-refractivity contribution in [3.8, 4) is 0 Å². The summed E-state index contributed by atoms with van der Waals surface area (Å²) in [7, 11) is 0. The Labute approximate surface area is 412 Å². The fourth-order valence-electron chi connectivity index (χ4n) is 9.85. The van der Waals surface area contributed by atoms with Crippen LogP contribution in [-0.4, -0.2) is 51.0 Å². The molecule has 3 rings (SSSR count). The number of carbonyl (C=O) groups is 2. The second-order valence-corrected chi connectivity index (χ2v) is 21.0. The van der Waals surface area contributed by atoms with Gasteiger partial charge in [0.05, 0.1) is 17.3 Å². The zero-order valence-electron chi connectivity index (χ0n) is 43.9. The molecule has 68 heavy (non-hydrogen) atoms. The van der Waals surface area contributed by atoms with Gasteiger partial charge in [0.1, 0.15) is 11.7 Å². The van der Waals surface area contributed by atoms with E-state index in [9.17, 15) is 19.8 Å². The zero-order chi connectivity index (χ0) is 50.3. The normalized spacial score (nSPS) is 27.0. The first-order chi connectivity index (χ1) is 32.2. The number of epoxide rings is 1. The van der Waals surface area contributed by atoms with Crippen molar-refractivity contribution < 1.29 is 29.3 Å². The average Bonchev–Trinajstić information content (AvgIpc) is 3.86. The quantitative estimate of drug-likeness (QED) is 0.0171. The summed E-state index contributed by atoms with van der Waals surface area (Å²) in [6.07, 6.45) is 55.1. The van der Waals surface area contributed by atoms with Crippen LogP contribution >= 0.6 is 0 Å². The summed E-state index contributed by atoms with van der Waals surface area (Å²) in [6.45, 7) is 22.3. The largest absolute Gasteiger partial charge is 0.462 e. The van der Waals surface area contributed by atoms with Crippen molar-refractivity contribution in [3.63, 3.8) is 0 Å². The van der Waals surface area contributed by atoms with Gasteiger partial charge in [0, 0.05) is 36.7 Å². The Morgan fingerprint density at radius 3 is 1.78 bits per heavy atom. The molecule has 6 nitrogen and oxygen atoms in total.